The lowest BCUT2D eigenvalue weighted by molar-refractivity contribution is -0.119. The quantitative estimate of drug-likeness (QED) is 0.519. The summed E-state index contributed by atoms with van der Waals surface area (Å²) in [5, 5.41) is 3.50. The fourth-order valence-corrected chi connectivity index (χ4v) is 6.77. The molecule has 6 nitrogen and oxygen atoms in total. The zero-order valence-corrected chi connectivity index (χ0v) is 22.8. The van der Waals surface area contributed by atoms with Gasteiger partial charge in [-0.25, -0.2) is 0 Å². The molecule has 0 saturated carbocycles. The summed E-state index contributed by atoms with van der Waals surface area (Å²) < 4.78 is 31.4. The molecule has 0 saturated heterocycles. The van der Waals surface area contributed by atoms with Crippen LogP contribution in [0.3, 0.4) is 0 Å². The molecule has 3 aliphatic rings. The van der Waals surface area contributed by atoms with Gasteiger partial charge in [0.15, 0.2) is 11.6 Å². The first-order valence-corrected chi connectivity index (χ1v) is 14.1. The first-order chi connectivity index (χ1) is 17.2. The van der Waals surface area contributed by atoms with Crippen LogP contribution in [0.2, 0.25) is 0 Å². The lowest BCUT2D eigenvalue weighted by atomic mass is 9.64. The minimum atomic E-state index is -4.05. The van der Waals surface area contributed by atoms with E-state index in [1.54, 1.807) is 30.3 Å². The van der Waals surface area contributed by atoms with Crippen LogP contribution in [0.5, 0.6) is 5.75 Å². The van der Waals surface area contributed by atoms with E-state index in [9.17, 15) is 18.0 Å². The number of hydrogen-bond donors (Lipinski definition) is 1. The van der Waals surface area contributed by atoms with Crippen molar-refractivity contribution in [2.24, 2.45) is 10.8 Å². The first-order valence-electron chi connectivity index (χ1n) is 12.7. The Morgan fingerprint density at radius 3 is 1.89 bits per heavy atom. The number of carbonyl (C=O) groups excluding carboxylic acids is 2. The summed E-state index contributed by atoms with van der Waals surface area (Å²) in [4.78, 5) is 27.1. The molecule has 0 unspecified atom stereocenters. The Morgan fingerprint density at radius 2 is 1.35 bits per heavy atom. The third-order valence-corrected chi connectivity index (χ3v) is 8.69. The Morgan fingerprint density at radius 1 is 0.811 bits per heavy atom. The predicted molar refractivity (Wildman–Crippen MR) is 141 cm³/mol. The summed E-state index contributed by atoms with van der Waals surface area (Å²) in [6.07, 6.45) is 2.19. The summed E-state index contributed by atoms with van der Waals surface area (Å²) in [5.74, 6) is -0.366. The van der Waals surface area contributed by atoms with Gasteiger partial charge in [-0.3, -0.25) is 9.59 Å². The maximum atomic E-state index is 13.5. The Balaban J connectivity index is 1.59. The van der Waals surface area contributed by atoms with Crippen LogP contribution in [0.4, 0.5) is 0 Å². The van der Waals surface area contributed by atoms with Crippen molar-refractivity contribution in [1.82, 2.24) is 5.32 Å². The van der Waals surface area contributed by atoms with E-state index in [0.29, 0.717) is 42.4 Å². The molecule has 0 amide bonds. The monoisotopic (exact) mass is 519 g/mol. The highest BCUT2D eigenvalue weighted by atomic mass is 32.2. The van der Waals surface area contributed by atoms with Crippen molar-refractivity contribution in [3.8, 4) is 5.75 Å². The average Bonchev–Trinajstić information content (AvgIpc) is 2.76. The van der Waals surface area contributed by atoms with Gasteiger partial charge in [-0.15, -0.1) is 0 Å². The van der Waals surface area contributed by atoms with Gasteiger partial charge in [-0.1, -0.05) is 57.5 Å². The average molecular weight is 520 g/mol. The Hall–Kier alpha value is -3.19. The lowest BCUT2D eigenvalue weighted by Gasteiger charge is -2.44. The normalized spacial score (nSPS) is 21.3. The van der Waals surface area contributed by atoms with Crippen LogP contribution >= 0.6 is 0 Å². The van der Waals surface area contributed by atoms with Crippen LogP contribution < -0.4 is 9.50 Å². The number of ketones is 2. The molecule has 5 rings (SSSR count). The number of aryl methyl sites for hydroxylation is 1. The molecule has 0 aromatic heterocycles. The molecule has 1 aliphatic heterocycles. The fourth-order valence-electron chi connectivity index (χ4n) is 5.85. The molecular formula is C30H33NO5S. The molecule has 2 aromatic rings. The third kappa shape index (κ3) is 4.89. The van der Waals surface area contributed by atoms with Crippen LogP contribution in [0, 0.1) is 17.8 Å². The first kappa shape index (κ1) is 25.5. The number of rotatable bonds is 4. The van der Waals surface area contributed by atoms with Gasteiger partial charge in [0.05, 0.1) is 0 Å². The zero-order chi connectivity index (χ0) is 26.8. The molecule has 0 spiro atoms. The highest BCUT2D eigenvalue weighted by Gasteiger charge is 2.46. The predicted octanol–water partition coefficient (Wildman–Crippen LogP) is 5.74. The molecule has 7 heteroatoms. The van der Waals surface area contributed by atoms with E-state index >= 15 is 0 Å². The highest BCUT2D eigenvalue weighted by Crippen LogP contribution is 2.51. The van der Waals surface area contributed by atoms with Crippen molar-refractivity contribution in [2.45, 2.75) is 71.1 Å². The number of nitrogens with one attached hydrogen (secondary N) is 1. The van der Waals surface area contributed by atoms with Gasteiger partial charge in [0.25, 0.3) is 0 Å². The zero-order valence-electron chi connectivity index (χ0n) is 22.0. The number of benzene rings is 2. The van der Waals surface area contributed by atoms with Gasteiger partial charge in [0, 0.05) is 41.3 Å². The van der Waals surface area contributed by atoms with Crippen LogP contribution in [0.15, 0.2) is 76.0 Å². The van der Waals surface area contributed by atoms with Crippen LogP contribution in [0.25, 0.3) is 0 Å². The number of hydrogen-bond acceptors (Lipinski definition) is 6. The minimum Gasteiger partial charge on any atom is -0.379 e. The Labute approximate surface area is 218 Å². The van der Waals surface area contributed by atoms with E-state index < -0.39 is 16.0 Å². The molecule has 0 fully saturated rings. The summed E-state index contributed by atoms with van der Waals surface area (Å²) in [7, 11) is -4.05. The smallest absolute Gasteiger partial charge is 0.339 e. The summed E-state index contributed by atoms with van der Waals surface area (Å²) in [5.41, 5.74) is 4.22. The van der Waals surface area contributed by atoms with Crippen LogP contribution in [-0.2, 0) is 19.7 Å². The van der Waals surface area contributed by atoms with Crippen LogP contribution in [-0.4, -0.2) is 20.0 Å². The highest BCUT2D eigenvalue weighted by molar-refractivity contribution is 7.87. The van der Waals surface area contributed by atoms with E-state index in [2.05, 4.69) is 33.0 Å². The topological polar surface area (TPSA) is 89.5 Å². The molecule has 0 atom stereocenters. The summed E-state index contributed by atoms with van der Waals surface area (Å²) >= 11 is 0. The second kappa shape index (κ2) is 8.69. The Kier molecular flexibility index (Phi) is 5.98. The Bertz CT molecular complexity index is 1420. The summed E-state index contributed by atoms with van der Waals surface area (Å²) in [6, 6.07) is 13.3. The van der Waals surface area contributed by atoms with E-state index in [4.69, 9.17) is 4.18 Å². The van der Waals surface area contributed by atoms with Crippen molar-refractivity contribution in [2.75, 3.05) is 0 Å². The van der Waals surface area contributed by atoms with Gasteiger partial charge in [0.2, 0.25) is 0 Å². The molecular weight excluding hydrogens is 486 g/mol. The second-order valence-electron chi connectivity index (χ2n) is 12.1. The van der Waals surface area contributed by atoms with E-state index in [0.717, 1.165) is 17.0 Å². The van der Waals surface area contributed by atoms with E-state index in [-0.39, 0.29) is 33.0 Å². The van der Waals surface area contributed by atoms with Crippen molar-refractivity contribution in [1.29, 1.82) is 0 Å². The van der Waals surface area contributed by atoms with Crippen LogP contribution in [0.1, 0.15) is 70.4 Å². The maximum absolute atomic E-state index is 13.5. The van der Waals surface area contributed by atoms with Gasteiger partial charge in [-0.2, -0.15) is 8.42 Å². The summed E-state index contributed by atoms with van der Waals surface area (Å²) in [6.45, 7) is 10.2. The molecule has 0 bridgehead atoms. The van der Waals surface area contributed by atoms with E-state index in [1.807, 2.05) is 13.0 Å². The van der Waals surface area contributed by atoms with Gasteiger partial charge >= 0.3 is 10.1 Å². The minimum absolute atomic E-state index is 0.0199. The molecule has 194 valence electrons. The number of allylic oxidation sites excluding steroid dienone is 4. The molecule has 0 radical (unpaired) electrons. The molecule has 1 heterocycles. The van der Waals surface area contributed by atoms with Gasteiger partial charge in [0.1, 0.15) is 10.6 Å². The van der Waals surface area contributed by atoms with Crippen molar-refractivity contribution < 1.29 is 22.2 Å². The second-order valence-corrected chi connectivity index (χ2v) is 13.7. The van der Waals surface area contributed by atoms with Crippen molar-refractivity contribution in [3.05, 3.63) is 82.2 Å². The number of dihydropyridines is 1. The standard InChI is InChI=1S/C30H33NO5S/c1-18-9-11-21(12-10-18)37(34,35)36-20-8-6-7-19(13-20)26-27-22(14-29(2,3)16-24(27)32)31-23-15-30(4,5)17-25(33)28(23)26/h6-13,26,31H,14-17H2,1-5H3. The van der Waals surface area contributed by atoms with Crippen molar-refractivity contribution in [3.63, 3.8) is 0 Å². The third-order valence-electron chi connectivity index (χ3n) is 7.43. The molecule has 2 aromatic carbocycles. The molecule has 1 N–H and O–H groups in total. The number of Topliss-reactive ketones (excluding diaryl/α,β-unsaturated/α-hetero) is 2. The largest absolute Gasteiger partial charge is 0.379 e. The van der Waals surface area contributed by atoms with Crippen molar-refractivity contribution >= 4 is 21.7 Å². The lowest BCUT2D eigenvalue weighted by Crippen LogP contribution is -2.42. The van der Waals surface area contributed by atoms with E-state index in [1.165, 1.54) is 12.1 Å². The van der Waals surface area contributed by atoms with Gasteiger partial charge < -0.3 is 9.50 Å². The SMILES string of the molecule is Cc1ccc(S(=O)(=O)Oc2cccc(C3C4=C(CC(C)(C)CC4=O)NC4=C3C(=O)CC(C)(C)C4)c2)cc1. The number of carbonyl (C=O) groups is 2. The fraction of sp³-hybridized carbons (Fsp3) is 0.400. The molecule has 2 aliphatic carbocycles. The maximum Gasteiger partial charge on any atom is 0.339 e. The molecule has 37 heavy (non-hydrogen) atoms. The van der Waals surface area contributed by atoms with Gasteiger partial charge in [-0.05, 0) is 60.4 Å².